The standard InChI is InChI=1S/C92H171NO18/c1-3-5-7-9-11-13-15-17-19-21-23-25-27-29-31-33-34-35-36-37-38-39-40-42-44-46-48-50-52-54-56-58-60-62-64-66-68-70-80(98)93-75(76(97)69-67-65-63-61-59-57-55-53-51-49-47-45-43-41-32-30-28-26-24-22-20-18-16-14-12-10-8-6-4-2)74-106-90-86(104)83(101)88(78(72-95)108-90)111-92-87(105)84(102)89(79(73-96)109-92)110-91-85(103)82(100)81(99)77(71-94)107-91/h15,17,21,23,59,61,67,69,75-79,81-92,94-97,99-105H,3-14,16,18-20,22,24-58,60,62-66,68,70-74H2,1-2H3,(H,93,98)/b17-15-,23-21-,61-59+,69-67+. The first-order valence-electron chi connectivity index (χ1n) is 46.4. The molecule has 17 unspecified atom stereocenters. The van der Waals surface area contributed by atoms with Crippen LogP contribution in [0.25, 0.3) is 0 Å². The summed E-state index contributed by atoms with van der Waals surface area (Å²) in [5.74, 6) is -0.277. The molecule has 3 heterocycles. The molecule has 0 spiro atoms. The van der Waals surface area contributed by atoms with Crippen molar-refractivity contribution in [3.8, 4) is 0 Å². The van der Waals surface area contributed by atoms with Gasteiger partial charge >= 0.3 is 0 Å². The van der Waals surface area contributed by atoms with Gasteiger partial charge in [-0.25, -0.2) is 0 Å². The summed E-state index contributed by atoms with van der Waals surface area (Å²) in [6.07, 6.45) is 67.1. The van der Waals surface area contributed by atoms with Crippen LogP contribution in [-0.2, 0) is 33.2 Å². The molecule has 1 amide bonds. The van der Waals surface area contributed by atoms with E-state index in [2.05, 4.69) is 55.6 Å². The molecule has 0 aliphatic carbocycles. The van der Waals surface area contributed by atoms with Gasteiger partial charge in [-0.05, 0) is 64.2 Å². The second-order valence-electron chi connectivity index (χ2n) is 33.1. The highest BCUT2D eigenvalue weighted by atomic mass is 16.8. The topological polar surface area (TPSA) is 307 Å². The Bertz CT molecular complexity index is 2190. The first-order chi connectivity index (χ1) is 54.3. The van der Waals surface area contributed by atoms with Gasteiger partial charge < -0.3 is 89.9 Å². The predicted molar refractivity (Wildman–Crippen MR) is 448 cm³/mol. The summed E-state index contributed by atoms with van der Waals surface area (Å²) >= 11 is 0. The van der Waals surface area contributed by atoms with Crippen molar-refractivity contribution in [2.75, 3.05) is 26.4 Å². The highest BCUT2D eigenvalue weighted by Crippen LogP contribution is 2.34. The van der Waals surface area contributed by atoms with E-state index in [-0.39, 0.29) is 18.9 Å². The summed E-state index contributed by atoms with van der Waals surface area (Å²) in [5.41, 5.74) is 0. The number of ether oxygens (including phenoxy) is 6. The van der Waals surface area contributed by atoms with Crippen LogP contribution in [0.5, 0.6) is 0 Å². The van der Waals surface area contributed by atoms with Gasteiger partial charge in [-0.2, -0.15) is 0 Å². The molecule has 652 valence electrons. The highest BCUT2D eigenvalue weighted by molar-refractivity contribution is 5.76. The van der Waals surface area contributed by atoms with Crippen molar-refractivity contribution in [2.45, 2.75) is 503 Å². The van der Waals surface area contributed by atoms with Crippen molar-refractivity contribution in [1.82, 2.24) is 5.32 Å². The van der Waals surface area contributed by atoms with E-state index in [1.54, 1.807) is 6.08 Å². The van der Waals surface area contributed by atoms with E-state index in [4.69, 9.17) is 28.4 Å². The molecule has 0 aromatic heterocycles. The largest absolute Gasteiger partial charge is 0.394 e. The predicted octanol–water partition coefficient (Wildman–Crippen LogP) is 18.0. The van der Waals surface area contributed by atoms with E-state index in [1.807, 2.05) is 6.08 Å². The van der Waals surface area contributed by atoms with Crippen LogP contribution in [0.2, 0.25) is 0 Å². The summed E-state index contributed by atoms with van der Waals surface area (Å²) < 4.78 is 34.5. The number of carbonyl (C=O) groups is 1. The van der Waals surface area contributed by atoms with Crippen LogP contribution < -0.4 is 5.32 Å². The number of hydrogen-bond donors (Lipinski definition) is 12. The Morgan fingerprint density at radius 3 is 0.955 bits per heavy atom. The number of carbonyl (C=O) groups excluding carboxylic acids is 1. The molecular formula is C92H171NO18. The van der Waals surface area contributed by atoms with Crippen molar-refractivity contribution in [3.05, 3.63) is 48.6 Å². The summed E-state index contributed by atoms with van der Waals surface area (Å²) in [4.78, 5) is 13.5. The SMILES string of the molecule is CCCCCCC/C=C\C/C=C\CCCCCCCCCCCCCCCCCCCCCCCCCCCC(=O)NC(COC1OC(CO)C(OC2OC(CO)C(OC3OC(CO)C(O)C(O)C3O)C(O)C2O)C(O)C1O)C(O)/C=C/CC/C=C/CCCCCCCCCCCCCCCCCCCCCCCCC. The Kier molecular flexibility index (Phi) is 66.6. The molecule has 3 rings (SSSR count). The van der Waals surface area contributed by atoms with E-state index in [9.17, 15) is 61.0 Å². The molecule has 0 radical (unpaired) electrons. The third-order valence-electron chi connectivity index (χ3n) is 23.1. The number of rotatable bonds is 76. The van der Waals surface area contributed by atoms with E-state index in [0.717, 1.165) is 44.9 Å². The van der Waals surface area contributed by atoms with Crippen LogP contribution >= 0.6 is 0 Å². The zero-order chi connectivity index (χ0) is 80.3. The minimum absolute atomic E-state index is 0.239. The van der Waals surface area contributed by atoms with Crippen molar-refractivity contribution in [2.24, 2.45) is 0 Å². The molecule has 0 aromatic carbocycles. The normalized spacial score (nSPS) is 25.2. The van der Waals surface area contributed by atoms with Gasteiger partial charge in [0.25, 0.3) is 0 Å². The maximum atomic E-state index is 13.5. The third-order valence-corrected chi connectivity index (χ3v) is 23.1. The smallest absolute Gasteiger partial charge is 0.220 e. The summed E-state index contributed by atoms with van der Waals surface area (Å²) in [7, 11) is 0. The first kappa shape index (κ1) is 103. The maximum absolute atomic E-state index is 13.5. The minimum Gasteiger partial charge on any atom is -0.394 e. The summed E-state index contributed by atoms with van der Waals surface area (Å²) in [5, 5.41) is 121. The number of unbranched alkanes of at least 4 members (excludes halogenated alkanes) is 54. The molecule has 3 aliphatic heterocycles. The van der Waals surface area contributed by atoms with E-state index in [1.165, 1.54) is 321 Å². The lowest BCUT2D eigenvalue weighted by molar-refractivity contribution is -0.379. The van der Waals surface area contributed by atoms with Gasteiger partial charge in [0.1, 0.15) is 73.2 Å². The average Bonchev–Trinajstić information content (AvgIpc) is 0.779. The van der Waals surface area contributed by atoms with Crippen LogP contribution in [0.1, 0.15) is 399 Å². The molecule has 17 atom stereocenters. The van der Waals surface area contributed by atoms with Crippen molar-refractivity contribution in [1.29, 1.82) is 0 Å². The second kappa shape index (κ2) is 71.8. The van der Waals surface area contributed by atoms with Crippen molar-refractivity contribution >= 4 is 5.91 Å². The molecule has 19 heteroatoms. The fourth-order valence-electron chi connectivity index (χ4n) is 15.7. The second-order valence-corrected chi connectivity index (χ2v) is 33.1. The van der Waals surface area contributed by atoms with Crippen LogP contribution in [-0.4, -0.2) is 193 Å². The molecule has 0 saturated carbocycles. The quantitative estimate of drug-likeness (QED) is 0.0199. The number of amides is 1. The third kappa shape index (κ3) is 50.3. The van der Waals surface area contributed by atoms with Gasteiger partial charge in [0.15, 0.2) is 18.9 Å². The fourth-order valence-corrected chi connectivity index (χ4v) is 15.7. The highest BCUT2D eigenvalue weighted by Gasteiger charge is 2.54. The molecule has 111 heavy (non-hydrogen) atoms. The minimum atomic E-state index is -1.98. The molecule has 3 aliphatic rings. The lowest BCUT2D eigenvalue weighted by Crippen LogP contribution is -2.66. The molecule has 19 nitrogen and oxygen atoms in total. The lowest BCUT2D eigenvalue weighted by Gasteiger charge is -2.48. The Balaban J connectivity index is 1.32. The van der Waals surface area contributed by atoms with Gasteiger partial charge in [0.05, 0.1) is 38.6 Å². The Labute approximate surface area is 675 Å². The molecule has 12 N–H and O–H groups in total. The van der Waals surface area contributed by atoms with Crippen LogP contribution in [0.3, 0.4) is 0 Å². The molecule has 0 bridgehead atoms. The Morgan fingerprint density at radius 2 is 0.604 bits per heavy atom. The van der Waals surface area contributed by atoms with E-state index >= 15 is 0 Å². The Hall–Kier alpha value is -2.25. The number of aliphatic hydroxyl groups is 11. The first-order valence-corrected chi connectivity index (χ1v) is 46.4. The maximum Gasteiger partial charge on any atom is 0.220 e. The van der Waals surface area contributed by atoms with E-state index in [0.29, 0.717) is 12.8 Å². The average molecular weight is 1580 g/mol. The fraction of sp³-hybridized carbons (Fsp3) is 0.902. The lowest BCUT2D eigenvalue weighted by atomic mass is 9.96. The zero-order valence-corrected chi connectivity index (χ0v) is 70.5. The van der Waals surface area contributed by atoms with Crippen LogP contribution in [0.15, 0.2) is 48.6 Å². The van der Waals surface area contributed by atoms with Gasteiger partial charge in [0.2, 0.25) is 5.91 Å². The number of nitrogens with one attached hydrogen (secondary N) is 1. The molecule has 3 saturated heterocycles. The van der Waals surface area contributed by atoms with Crippen molar-refractivity contribution in [3.63, 3.8) is 0 Å². The van der Waals surface area contributed by atoms with Gasteiger partial charge in [-0.3, -0.25) is 4.79 Å². The number of aliphatic hydroxyl groups excluding tert-OH is 11. The Morgan fingerprint density at radius 1 is 0.324 bits per heavy atom. The van der Waals surface area contributed by atoms with Gasteiger partial charge in [0, 0.05) is 6.42 Å². The van der Waals surface area contributed by atoms with E-state index < -0.39 is 124 Å². The van der Waals surface area contributed by atoms with Gasteiger partial charge in [-0.15, -0.1) is 0 Å². The molecule has 3 fully saturated rings. The molecular weight excluding hydrogens is 1410 g/mol. The zero-order valence-electron chi connectivity index (χ0n) is 70.5. The molecule has 0 aromatic rings. The summed E-state index contributed by atoms with van der Waals surface area (Å²) in [6, 6.07) is -0.991. The number of hydrogen-bond acceptors (Lipinski definition) is 18. The van der Waals surface area contributed by atoms with Crippen LogP contribution in [0, 0.1) is 0 Å². The van der Waals surface area contributed by atoms with Gasteiger partial charge in [-0.1, -0.05) is 377 Å². The monoisotopic (exact) mass is 1580 g/mol. The van der Waals surface area contributed by atoms with Crippen LogP contribution in [0.4, 0.5) is 0 Å². The van der Waals surface area contributed by atoms with Crippen molar-refractivity contribution < 1.29 is 89.4 Å². The summed E-state index contributed by atoms with van der Waals surface area (Å²) in [6.45, 7) is 1.77. The number of allylic oxidation sites excluding steroid dienone is 7.